The van der Waals surface area contributed by atoms with Crippen molar-refractivity contribution in [2.75, 3.05) is 45.9 Å². The predicted molar refractivity (Wildman–Crippen MR) is 122 cm³/mol. The van der Waals surface area contributed by atoms with Crippen LogP contribution in [-0.2, 0) is 24.9 Å². The molecule has 1 aliphatic rings. The first kappa shape index (κ1) is 23.5. The van der Waals surface area contributed by atoms with E-state index in [1.54, 1.807) is 6.20 Å². The highest BCUT2D eigenvalue weighted by Gasteiger charge is 2.10. The van der Waals surface area contributed by atoms with Crippen LogP contribution in [-0.4, -0.2) is 81.3 Å². The average Bonchev–Trinajstić information content (AvgIpc) is 3.34. The fourth-order valence-electron chi connectivity index (χ4n) is 2.95. The lowest BCUT2D eigenvalue weighted by molar-refractivity contribution is 0.0389. The van der Waals surface area contributed by atoms with Crippen LogP contribution in [0.25, 0.3) is 0 Å². The van der Waals surface area contributed by atoms with Gasteiger partial charge in [-0.15, -0.1) is 34.2 Å². The molecule has 0 unspecified atom stereocenters. The molecule has 0 radical (unpaired) electrons. The summed E-state index contributed by atoms with van der Waals surface area (Å²) in [6.07, 6.45) is 4.75. The van der Waals surface area contributed by atoms with Crippen molar-refractivity contribution in [2.24, 2.45) is 12.0 Å². The lowest BCUT2D eigenvalue weighted by Crippen LogP contribution is -2.44. The fourth-order valence-corrected chi connectivity index (χ4v) is 2.95. The van der Waals surface area contributed by atoms with Crippen molar-refractivity contribution >= 4 is 29.9 Å². The number of halogens is 1. The summed E-state index contributed by atoms with van der Waals surface area (Å²) >= 11 is 0. The van der Waals surface area contributed by atoms with E-state index in [4.69, 9.17) is 9.73 Å². The fraction of sp³-hybridized carbons (Fsp3) is 0.667. The van der Waals surface area contributed by atoms with Crippen LogP contribution in [0.3, 0.4) is 0 Å². The number of aromatic nitrogens is 5. The van der Waals surface area contributed by atoms with Crippen molar-refractivity contribution in [3.63, 3.8) is 0 Å². The Morgan fingerprint density at radius 3 is 2.66 bits per heavy atom. The molecule has 2 aromatic heterocycles. The van der Waals surface area contributed by atoms with Crippen LogP contribution in [0.15, 0.2) is 23.5 Å². The number of aryl methyl sites for hydroxylation is 2. The van der Waals surface area contributed by atoms with E-state index >= 15 is 0 Å². The molecule has 0 aromatic carbocycles. The molecule has 1 saturated heterocycles. The topological polar surface area (TPSA) is 97.4 Å². The summed E-state index contributed by atoms with van der Waals surface area (Å²) < 4.78 is 9.31. The Bertz CT molecular complexity index is 726. The molecule has 10 nitrogen and oxygen atoms in total. The van der Waals surface area contributed by atoms with Crippen molar-refractivity contribution in [3.05, 3.63) is 30.1 Å². The first-order valence-corrected chi connectivity index (χ1v) is 9.87. The molecule has 0 bridgehead atoms. The highest BCUT2D eigenvalue weighted by molar-refractivity contribution is 14.0. The second-order valence-electron chi connectivity index (χ2n) is 6.82. The van der Waals surface area contributed by atoms with Gasteiger partial charge in [-0.1, -0.05) is 0 Å². The molecule has 3 rings (SSSR count). The Balaban J connectivity index is 0.00000300. The van der Waals surface area contributed by atoms with Crippen LogP contribution >= 0.6 is 24.0 Å². The highest BCUT2D eigenvalue weighted by atomic mass is 127. The zero-order chi connectivity index (χ0) is 19.6. The van der Waals surface area contributed by atoms with Crippen molar-refractivity contribution in [1.82, 2.24) is 40.1 Å². The summed E-state index contributed by atoms with van der Waals surface area (Å²) in [6, 6.07) is 1.94. The molecule has 29 heavy (non-hydrogen) atoms. The van der Waals surface area contributed by atoms with Crippen molar-refractivity contribution in [2.45, 2.75) is 26.4 Å². The number of morpholine rings is 1. The van der Waals surface area contributed by atoms with E-state index in [0.29, 0.717) is 6.54 Å². The summed E-state index contributed by atoms with van der Waals surface area (Å²) in [6.45, 7) is 9.55. The lowest BCUT2D eigenvalue weighted by Gasteiger charge is -2.26. The van der Waals surface area contributed by atoms with Gasteiger partial charge in [0.2, 0.25) is 0 Å². The van der Waals surface area contributed by atoms with E-state index in [0.717, 1.165) is 76.5 Å². The van der Waals surface area contributed by atoms with Crippen LogP contribution in [0, 0.1) is 6.92 Å². The number of hydrogen-bond donors (Lipinski definition) is 2. The van der Waals surface area contributed by atoms with E-state index in [1.807, 2.05) is 35.5 Å². The van der Waals surface area contributed by atoms with E-state index in [-0.39, 0.29) is 24.0 Å². The molecule has 162 valence electrons. The largest absolute Gasteiger partial charge is 0.379 e. The van der Waals surface area contributed by atoms with Crippen LogP contribution in [0.2, 0.25) is 0 Å². The summed E-state index contributed by atoms with van der Waals surface area (Å²) in [7, 11) is 1.96. The molecule has 0 saturated carbocycles. The molecule has 0 amide bonds. The zero-order valence-electron chi connectivity index (χ0n) is 17.3. The second-order valence-corrected chi connectivity index (χ2v) is 6.82. The van der Waals surface area contributed by atoms with Gasteiger partial charge in [0, 0.05) is 58.7 Å². The van der Waals surface area contributed by atoms with Gasteiger partial charge in [0.05, 0.1) is 13.2 Å². The summed E-state index contributed by atoms with van der Waals surface area (Å²) in [5.74, 6) is 2.54. The SMILES string of the molecule is Cc1nnc(CN=C(NCCCn2cccn2)NCCN2CCOCC2)n1C.I. The van der Waals surface area contributed by atoms with Gasteiger partial charge in [-0.05, 0) is 19.4 Å². The van der Waals surface area contributed by atoms with Crippen LogP contribution in [0.1, 0.15) is 18.1 Å². The minimum Gasteiger partial charge on any atom is -0.379 e. The molecular formula is C18H32IN9O. The molecule has 1 fully saturated rings. The molecule has 3 heterocycles. The maximum atomic E-state index is 5.40. The number of aliphatic imine (C=N–C) groups is 1. The standard InChI is InChI=1S/C18H31N9O.HI/c1-16-23-24-17(25(16)2)15-21-18(19-5-3-8-27-9-4-6-22-27)20-7-10-26-11-13-28-14-12-26;/h4,6,9H,3,5,7-8,10-15H2,1-2H3,(H2,19,20,21);1H. The molecule has 2 aromatic rings. The third-order valence-electron chi connectivity index (χ3n) is 4.80. The molecular weight excluding hydrogens is 485 g/mol. The molecule has 0 aliphatic carbocycles. The number of hydrogen-bond acceptors (Lipinski definition) is 6. The molecule has 0 spiro atoms. The first-order valence-electron chi connectivity index (χ1n) is 9.87. The van der Waals surface area contributed by atoms with Gasteiger partial charge >= 0.3 is 0 Å². The quantitative estimate of drug-likeness (QED) is 0.215. The number of nitrogens with one attached hydrogen (secondary N) is 2. The van der Waals surface area contributed by atoms with Crippen molar-refractivity contribution in [3.8, 4) is 0 Å². The molecule has 0 atom stereocenters. The van der Waals surface area contributed by atoms with Crippen LogP contribution < -0.4 is 10.6 Å². The molecule has 11 heteroatoms. The van der Waals surface area contributed by atoms with E-state index < -0.39 is 0 Å². The minimum atomic E-state index is 0. The van der Waals surface area contributed by atoms with Gasteiger partial charge < -0.3 is 19.9 Å². The van der Waals surface area contributed by atoms with Gasteiger partial charge in [-0.3, -0.25) is 9.58 Å². The molecule has 2 N–H and O–H groups in total. The Hall–Kier alpha value is -1.73. The maximum absolute atomic E-state index is 5.40. The predicted octanol–water partition coefficient (Wildman–Crippen LogP) is 0.396. The smallest absolute Gasteiger partial charge is 0.191 e. The lowest BCUT2D eigenvalue weighted by atomic mass is 10.4. The van der Waals surface area contributed by atoms with Gasteiger partial charge in [0.25, 0.3) is 0 Å². The average molecular weight is 517 g/mol. The number of ether oxygens (including phenoxy) is 1. The third-order valence-corrected chi connectivity index (χ3v) is 4.80. The summed E-state index contributed by atoms with van der Waals surface area (Å²) in [5.41, 5.74) is 0. The highest BCUT2D eigenvalue weighted by Crippen LogP contribution is 1.99. The van der Waals surface area contributed by atoms with E-state index in [2.05, 4.69) is 30.8 Å². The Morgan fingerprint density at radius 1 is 1.17 bits per heavy atom. The monoisotopic (exact) mass is 517 g/mol. The molecule has 1 aliphatic heterocycles. The third kappa shape index (κ3) is 7.90. The minimum absolute atomic E-state index is 0. The van der Waals surface area contributed by atoms with Gasteiger partial charge in [-0.2, -0.15) is 5.10 Å². The summed E-state index contributed by atoms with van der Waals surface area (Å²) in [4.78, 5) is 7.09. The van der Waals surface area contributed by atoms with Crippen LogP contribution in [0.4, 0.5) is 0 Å². The van der Waals surface area contributed by atoms with Gasteiger partial charge in [-0.25, -0.2) is 4.99 Å². The van der Waals surface area contributed by atoms with Gasteiger partial charge in [0.1, 0.15) is 12.4 Å². The Kier molecular flexibility index (Phi) is 10.4. The normalized spacial score (nSPS) is 15.2. The summed E-state index contributed by atoms with van der Waals surface area (Å²) in [5, 5.41) is 19.4. The van der Waals surface area contributed by atoms with Crippen LogP contribution in [0.5, 0.6) is 0 Å². The van der Waals surface area contributed by atoms with Crippen molar-refractivity contribution in [1.29, 1.82) is 0 Å². The maximum Gasteiger partial charge on any atom is 0.191 e. The van der Waals surface area contributed by atoms with Crippen molar-refractivity contribution < 1.29 is 4.74 Å². The van der Waals surface area contributed by atoms with E-state index in [1.165, 1.54) is 0 Å². The number of nitrogens with zero attached hydrogens (tertiary/aromatic N) is 7. The van der Waals surface area contributed by atoms with E-state index in [9.17, 15) is 0 Å². The first-order chi connectivity index (χ1) is 13.7. The second kappa shape index (κ2) is 12.8. The van der Waals surface area contributed by atoms with Gasteiger partial charge in [0.15, 0.2) is 11.8 Å². The Morgan fingerprint density at radius 2 is 1.97 bits per heavy atom. The zero-order valence-corrected chi connectivity index (χ0v) is 19.6. The number of guanidine groups is 1. The Labute approximate surface area is 189 Å². The number of rotatable bonds is 9.